The van der Waals surface area contributed by atoms with Crippen molar-refractivity contribution in [2.75, 3.05) is 31.1 Å². The van der Waals surface area contributed by atoms with Crippen molar-refractivity contribution in [3.05, 3.63) is 101 Å². The number of fused-ring (bicyclic) bond motifs is 1. The number of rotatable bonds is 11. The van der Waals surface area contributed by atoms with E-state index in [1.165, 1.54) is 12.8 Å². The summed E-state index contributed by atoms with van der Waals surface area (Å²) in [5.74, 6) is 0.594. The molecule has 6 heteroatoms. The predicted molar refractivity (Wildman–Crippen MR) is 153 cm³/mol. The molecule has 2 amide bonds. The smallest absolute Gasteiger partial charge is 0.294 e. The minimum Gasteiger partial charge on any atom is -0.449 e. The fraction of sp³-hybridized carbons (Fsp3) is 0.312. The molecular formula is C32H37N3O3. The Hall–Kier alpha value is -3.90. The van der Waals surface area contributed by atoms with Crippen LogP contribution in [-0.2, 0) is 11.3 Å². The van der Waals surface area contributed by atoms with Crippen LogP contribution in [0.2, 0.25) is 0 Å². The van der Waals surface area contributed by atoms with Crippen LogP contribution in [0.15, 0.2) is 78.6 Å². The number of unbranched alkanes of at least 4 members (excludes halogenated alkanes) is 1. The van der Waals surface area contributed by atoms with Crippen molar-refractivity contribution in [2.24, 2.45) is 0 Å². The molecule has 1 aliphatic rings. The second kappa shape index (κ2) is 13.1. The van der Waals surface area contributed by atoms with Gasteiger partial charge >= 0.3 is 0 Å². The van der Waals surface area contributed by atoms with Gasteiger partial charge in [-0.3, -0.25) is 14.5 Å². The van der Waals surface area contributed by atoms with Gasteiger partial charge in [0, 0.05) is 18.7 Å². The Morgan fingerprint density at radius 2 is 1.79 bits per heavy atom. The fourth-order valence-electron chi connectivity index (χ4n) is 4.53. The molecule has 0 fully saturated rings. The molecule has 0 aliphatic carbocycles. The van der Waals surface area contributed by atoms with Crippen molar-refractivity contribution in [2.45, 2.75) is 40.2 Å². The predicted octanol–water partition coefficient (Wildman–Crippen LogP) is 5.81. The highest BCUT2D eigenvalue weighted by molar-refractivity contribution is 6.09. The molecule has 0 saturated carbocycles. The van der Waals surface area contributed by atoms with Gasteiger partial charge in [-0.25, -0.2) is 0 Å². The maximum Gasteiger partial charge on any atom is 0.294 e. The van der Waals surface area contributed by atoms with Gasteiger partial charge in [-0.05, 0) is 67.9 Å². The van der Waals surface area contributed by atoms with Crippen LogP contribution in [0.3, 0.4) is 0 Å². The number of carbonyl (C=O) groups is 2. The molecule has 1 aliphatic heterocycles. The summed E-state index contributed by atoms with van der Waals surface area (Å²) >= 11 is 0. The van der Waals surface area contributed by atoms with Gasteiger partial charge in [-0.2, -0.15) is 0 Å². The summed E-state index contributed by atoms with van der Waals surface area (Å²) in [6.45, 7) is 10.3. The average Bonchev–Trinajstić information content (AvgIpc) is 2.93. The van der Waals surface area contributed by atoms with Crippen LogP contribution < -0.4 is 15.0 Å². The highest BCUT2D eigenvalue weighted by Gasteiger charge is 2.30. The highest BCUT2D eigenvalue weighted by atomic mass is 16.5. The second-order valence-corrected chi connectivity index (χ2v) is 9.62. The Morgan fingerprint density at radius 1 is 1.00 bits per heavy atom. The molecule has 6 nitrogen and oxygen atoms in total. The first kappa shape index (κ1) is 27.1. The van der Waals surface area contributed by atoms with E-state index >= 15 is 0 Å². The molecule has 4 rings (SSSR count). The van der Waals surface area contributed by atoms with Crippen molar-refractivity contribution < 1.29 is 14.3 Å². The van der Waals surface area contributed by atoms with E-state index in [1.807, 2.05) is 61.5 Å². The number of anilines is 1. The molecular weight excluding hydrogens is 474 g/mol. The van der Waals surface area contributed by atoms with Crippen LogP contribution in [0.25, 0.3) is 6.08 Å². The molecule has 1 heterocycles. The molecule has 1 N–H and O–H groups in total. The van der Waals surface area contributed by atoms with Crippen molar-refractivity contribution in [1.82, 2.24) is 10.2 Å². The number of para-hydroxylation sites is 2. The van der Waals surface area contributed by atoms with Gasteiger partial charge in [-0.15, -0.1) is 0 Å². The average molecular weight is 512 g/mol. The molecule has 38 heavy (non-hydrogen) atoms. The molecule has 0 atom stereocenters. The number of amides is 2. The molecule has 0 spiro atoms. The summed E-state index contributed by atoms with van der Waals surface area (Å²) in [6, 6.07) is 23.0. The first-order valence-electron chi connectivity index (χ1n) is 13.4. The summed E-state index contributed by atoms with van der Waals surface area (Å²) in [4.78, 5) is 30.2. The summed E-state index contributed by atoms with van der Waals surface area (Å²) < 4.78 is 6.02. The second-order valence-electron chi connectivity index (χ2n) is 9.62. The van der Waals surface area contributed by atoms with E-state index in [-0.39, 0.29) is 17.6 Å². The van der Waals surface area contributed by atoms with Crippen LogP contribution >= 0.6 is 0 Å². The van der Waals surface area contributed by atoms with E-state index < -0.39 is 0 Å². The van der Waals surface area contributed by atoms with Crippen LogP contribution in [0.4, 0.5) is 5.69 Å². The number of nitrogens with one attached hydrogen (secondary N) is 1. The number of hydrogen-bond donors (Lipinski definition) is 1. The SMILES string of the molecule is CCCCN(CC)CCNC(=O)c1ccc(C=C2Oc3ccccc3N(Cc3cccc(C)c3)C2=O)cc1. The van der Waals surface area contributed by atoms with Crippen molar-refractivity contribution >= 4 is 23.6 Å². The van der Waals surface area contributed by atoms with E-state index in [1.54, 1.807) is 23.1 Å². The quantitative estimate of drug-likeness (QED) is 0.330. The van der Waals surface area contributed by atoms with Gasteiger partial charge in [0.15, 0.2) is 11.5 Å². The van der Waals surface area contributed by atoms with E-state index in [9.17, 15) is 9.59 Å². The molecule has 0 unspecified atom stereocenters. The summed E-state index contributed by atoms with van der Waals surface area (Å²) in [5, 5.41) is 3.01. The van der Waals surface area contributed by atoms with Gasteiger partial charge in [0.25, 0.3) is 11.8 Å². The van der Waals surface area contributed by atoms with Crippen LogP contribution in [0.1, 0.15) is 53.7 Å². The fourth-order valence-corrected chi connectivity index (χ4v) is 4.53. The van der Waals surface area contributed by atoms with E-state index in [0.29, 0.717) is 24.4 Å². The lowest BCUT2D eigenvalue weighted by molar-refractivity contribution is -0.117. The Labute approximate surface area is 225 Å². The van der Waals surface area contributed by atoms with Gasteiger partial charge in [-0.1, -0.05) is 74.4 Å². The van der Waals surface area contributed by atoms with Crippen molar-refractivity contribution in [3.63, 3.8) is 0 Å². The van der Waals surface area contributed by atoms with Crippen LogP contribution in [0.5, 0.6) is 5.75 Å². The molecule has 0 saturated heterocycles. The minimum absolute atomic E-state index is 0.0982. The number of hydrogen-bond acceptors (Lipinski definition) is 4. The van der Waals surface area contributed by atoms with Crippen molar-refractivity contribution in [1.29, 1.82) is 0 Å². The van der Waals surface area contributed by atoms with Crippen LogP contribution in [-0.4, -0.2) is 42.9 Å². The maximum atomic E-state index is 13.5. The zero-order chi connectivity index (χ0) is 26.9. The van der Waals surface area contributed by atoms with E-state index in [2.05, 4.69) is 30.1 Å². The topological polar surface area (TPSA) is 61.9 Å². The number of nitrogens with zero attached hydrogens (tertiary/aromatic N) is 2. The number of aryl methyl sites for hydroxylation is 1. The summed E-state index contributed by atoms with van der Waals surface area (Å²) in [6.07, 6.45) is 4.07. The highest BCUT2D eigenvalue weighted by Crippen LogP contribution is 2.36. The third-order valence-corrected chi connectivity index (χ3v) is 6.71. The third kappa shape index (κ3) is 6.90. The largest absolute Gasteiger partial charge is 0.449 e. The van der Waals surface area contributed by atoms with E-state index in [4.69, 9.17) is 4.74 Å². The standard InChI is InChI=1S/C32H37N3O3/c1-4-6-19-34(5-2)20-18-33-31(36)27-16-14-25(15-17-27)22-30-32(37)35(23-26-11-9-10-24(3)21-26)28-12-7-8-13-29(28)38-30/h7-17,21-22H,4-6,18-20,23H2,1-3H3,(H,33,36). The Kier molecular flexibility index (Phi) is 9.33. The molecule has 0 radical (unpaired) electrons. The summed E-state index contributed by atoms with van der Waals surface area (Å²) in [5.41, 5.74) is 4.33. The Balaban J connectivity index is 1.45. The van der Waals surface area contributed by atoms with Gasteiger partial charge in [0.2, 0.25) is 0 Å². The first-order chi connectivity index (χ1) is 18.5. The summed E-state index contributed by atoms with van der Waals surface area (Å²) in [7, 11) is 0. The molecule has 0 bridgehead atoms. The Morgan fingerprint density at radius 3 is 2.53 bits per heavy atom. The molecule has 3 aromatic carbocycles. The monoisotopic (exact) mass is 511 g/mol. The lowest BCUT2D eigenvalue weighted by Gasteiger charge is -2.30. The van der Waals surface area contributed by atoms with Gasteiger partial charge in [0.1, 0.15) is 0 Å². The lowest BCUT2D eigenvalue weighted by atomic mass is 10.1. The van der Waals surface area contributed by atoms with Crippen molar-refractivity contribution in [3.8, 4) is 5.75 Å². The first-order valence-corrected chi connectivity index (χ1v) is 13.4. The maximum absolute atomic E-state index is 13.5. The number of ether oxygens (including phenoxy) is 1. The van der Waals surface area contributed by atoms with Gasteiger partial charge < -0.3 is 15.0 Å². The molecule has 3 aromatic rings. The Bertz CT molecular complexity index is 1280. The lowest BCUT2D eigenvalue weighted by Crippen LogP contribution is -2.36. The number of carbonyl (C=O) groups excluding carboxylic acids is 2. The zero-order valence-corrected chi connectivity index (χ0v) is 22.6. The normalized spacial score (nSPS) is 13.9. The number of likely N-dealkylation sites (N-methyl/N-ethyl adjacent to an activating group) is 1. The van der Waals surface area contributed by atoms with E-state index in [0.717, 1.165) is 42.0 Å². The molecule has 198 valence electrons. The minimum atomic E-state index is -0.199. The van der Waals surface area contributed by atoms with Gasteiger partial charge in [0.05, 0.1) is 12.2 Å². The molecule has 0 aromatic heterocycles. The number of benzene rings is 3. The van der Waals surface area contributed by atoms with Crippen LogP contribution in [0, 0.1) is 6.92 Å². The third-order valence-electron chi connectivity index (χ3n) is 6.71. The zero-order valence-electron chi connectivity index (χ0n) is 22.6.